The topological polar surface area (TPSA) is 63.9 Å². The molecule has 0 fully saturated rings. The van der Waals surface area contributed by atoms with E-state index in [4.69, 9.17) is 11.6 Å². The van der Waals surface area contributed by atoms with Crippen molar-refractivity contribution in [3.63, 3.8) is 0 Å². The smallest absolute Gasteiger partial charge is 0.227 e. The Bertz CT molecular complexity index is 851. The molecule has 0 aliphatic rings. The molecule has 0 radical (unpaired) electrons. The number of aromatic nitrogens is 4. The van der Waals surface area contributed by atoms with Crippen molar-refractivity contribution in [3.05, 3.63) is 66.0 Å². The van der Waals surface area contributed by atoms with Crippen molar-refractivity contribution in [1.29, 1.82) is 0 Å². The molecule has 26 heavy (non-hydrogen) atoms. The van der Waals surface area contributed by atoms with Crippen LogP contribution in [-0.4, -0.2) is 32.2 Å². The number of carbonyl (C=O) groups is 1. The Morgan fingerprint density at radius 3 is 2.81 bits per heavy atom. The quantitative estimate of drug-likeness (QED) is 0.637. The van der Waals surface area contributed by atoms with Gasteiger partial charge in [-0.1, -0.05) is 17.7 Å². The second-order valence-corrected chi connectivity index (χ2v) is 6.13. The highest BCUT2D eigenvalue weighted by atomic mass is 35.5. The van der Waals surface area contributed by atoms with Crippen LogP contribution >= 0.6 is 11.6 Å². The second-order valence-electron chi connectivity index (χ2n) is 5.77. The van der Waals surface area contributed by atoms with E-state index in [1.165, 1.54) is 0 Å². The molecule has 3 aromatic rings. The van der Waals surface area contributed by atoms with Gasteiger partial charge in [0.15, 0.2) is 5.15 Å². The zero-order chi connectivity index (χ0) is 18.4. The van der Waals surface area contributed by atoms with Gasteiger partial charge in [-0.3, -0.25) is 14.8 Å². The van der Waals surface area contributed by atoms with Gasteiger partial charge < -0.3 is 4.90 Å². The fourth-order valence-electron chi connectivity index (χ4n) is 2.73. The molecular weight excluding hydrogens is 350 g/mol. The molecule has 0 N–H and O–H groups in total. The number of halogens is 1. The minimum absolute atomic E-state index is 0.0241. The molecule has 6 nitrogen and oxygen atoms in total. The summed E-state index contributed by atoms with van der Waals surface area (Å²) in [5.41, 5.74) is 2.39. The van der Waals surface area contributed by atoms with Gasteiger partial charge >= 0.3 is 0 Å². The summed E-state index contributed by atoms with van der Waals surface area (Å²) in [4.78, 5) is 22.7. The van der Waals surface area contributed by atoms with Crippen molar-refractivity contribution in [3.8, 4) is 5.69 Å². The Morgan fingerprint density at radius 2 is 2.12 bits per heavy atom. The van der Waals surface area contributed by atoms with Crippen LogP contribution in [0, 0.1) is 0 Å². The summed E-state index contributed by atoms with van der Waals surface area (Å²) < 4.78 is 1.63. The second kappa shape index (κ2) is 8.58. The van der Waals surface area contributed by atoms with E-state index >= 15 is 0 Å². The van der Waals surface area contributed by atoms with Crippen LogP contribution in [0.25, 0.3) is 5.69 Å². The van der Waals surface area contributed by atoms with Crippen molar-refractivity contribution in [1.82, 2.24) is 19.7 Å². The fraction of sp³-hybridized carbons (Fsp3) is 0.263. The van der Waals surface area contributed by atoms with Gasteiger partial charge in [0.05, 0.1) is 18.1 Å². The molecule has 3 aromatic heterocycles. The standard InChI is InChI=1S/C19H20ClN5O/c1-2-24(18(26)10-5-8-15-7-3-4-12-22-15)17-14-25(23-19(17)20)16-9-6-11-21-13-16/h3-4,6-7,9,11-14H,2,5,8,10H2,1H3. The summed E-state index contributed by atoms with van der Waals surface area (Å²) in [5.74, 6) is 0.0241. The number of rotatable bonds is 7. The summed E-state index contributed by atoms with van der Waals surface area (Å²) in [6.45, 7) is 2.45. The van der Waals surface area contributed by atoms with Gasteiger partial charge in [0.2, 0.25) is 5.91 Å². The third-order valence-corrected chi connectivity index (χ3v) is 4.29. The van der Waals surface area contributed by atoms with Crippen LogP contribution in [-0.2, 0) is 11.2 Å². The van der Waals surface area contributed by atoms with Gasteiger partial charge in [0.25, 0.3) is 0 Å². The lowest BCUT2D eigenvalue weighted by Gasteiger charge is -2.19. The number of amides is 1. The molecule has 0 spiro atoms. The van der Waals surface area contributed by atoms with E-state index in [-0.39, 0.29) is 5.91 Å². The summed E-state index contributed by atoms with van der Waals surface area (Å²) in [6.07, 6.45) is 8.85. The number of carbonyl (C=O) groups excluding carboxylic acids is 1. The molecule has 134 valence electrons. The number of hydrogen-bond acceptors (Lipinski definition) is 4. The average Bonchev–Trinajstić information content (AvgIpc) is 3.06. The molecule has 1 amide bonds. The molecular formula is C19H20ClN5O. The van der Waals surface area contributed by atoms with Gasteiger partial charge in [-0.05, 0) is 44.0 Å². The van der Waals surface area contributed by atoms with Crippen LogP contribution < -0.4 is 4.90 Å². The minimum atomic E-state index is 0.0241. The Morgan fingerprint density at radius 1 is 1.23 bits per heavy atom. The lowest BCUT2D eigenvalue weighted by molar-refractivity contribution is -0.118. The highest BCUT2D eigenvalue weighted by Crippen LogP contribution is 2.26. The monoisotopic (exact) mass is 369 g/mol. The van der Waals surface area contributed by atoms with Crippen LogP contribution in [0.1, 0.15) is 25.5 Å². The molecule has 0 saturated heterocycles. The maximum Gasteiger partial charge on any atom is 0.227 e. The van der Waals surface area contributed by atoms with Gasteiger partial charge in [-0.15, -0.1) is 0 Å². The van der Waals surface area contributed by atoms with Crippen molar-refractivity contribution in [2.75, 3.05) is 11.4 Å². The average molecular weight is 370 g/mol. The number of hydrogen-bond donors (Lipinski definition) is 0. The summed E-state index contributed by atoms with van der Waals surface area (Å²) >= 11 is 6.29. The lowest BCUT2D eigenvalue weighted by atomic mass is 10.1. The maximum atomic E-state index is 12.7. The molecule has 0 saturated carbocycles. The summed E-state index contributed by atoms with van der Waals surface area (Å²) in [7, 11) is 0. The molecule has 0 aliphatic carbocycles. The zero-order valence-electron chi connectivity index (χ0n) is 14.5. The normalized spacial score (nSPS) is 10.7. The first-order chi connectivity index (χ1) is 12.7. The molecule has 0 unspecified atom stereocenters. The lowest BCUT2D eigenvalue weighted by Crippen LogP contribution is -2.30. The van der Waals surface area contributed by atoms with E-state index in [9.17, 15) is 4.79 Å². The Hall–Kier alpha value is -2.73. The number of pyridine rings is 2. The molecule has 0 aliphatic heterocycles. The van der Waals surface area contributed by atoms with E-state index in [0.717, 1.165) is 24.2 Å². The van der Waals surface area contributed by atoms with Gasteiger partial charge in [0.1, 0.15) is 5.69 Å². The van der Waals surface area contributed by atoms with Crippen LogP contribution in [0.5, 0.6) is 0 Å². The summed E-state index contributed by atoms with van der Waals surface area (Å²) in [6, 6.07) is 9.51. The van der Waals surface area contributed by atoms with Gasteiger partial charge in [-0.25, -0.2) is 4.68 Å². The molecule has 3 heterocycles. The zero-order valence-corrected chi connectivity index (χ0v) is 15.3. The number of nitrogens with zero attached hydrogens (tertiary/aromatic N) is 5. The van der Waals surface area contributed by atoms with Crippen molar-refractivity contribution >= 4 is 23.2 Å². The molecule has 3 rings (SSSR count). The minimum Gasteiger partial charge on any atom is -0.309 e. The Kier molecular flexibility index (Phi) is 5.96. The Labute approximate surface area is 157 Å². The molecule has 0 bridgehead atoms. The van der Waals surface area contributed by atoms with E-state index in [0.29, 0.717) is 23.8 Å². The molecule has 7 heteroatoms. The predicted octanol–water partition coefficient (Wildman–Crippen LogP) is 3.69. The van der Waals surface area contributed by atoms with E-state index < -0.39 is 0 Å². The first-order valence-electron chi connectivity index (χ1n) is 8.55. The molecule has 0 aromatic carbocycles. The first kappa shape index (κ1) is 18.1. The number of anilines is 1. The van der Waals surface area contributed by atoms with Crippen LogP contribution in [0.3, 0.4) is 0 Å². The Balaban J connectivity index is 1.68. The summed E-state index contributed by atoms with van der Waals surface area (Å²) in [5, 5.41) is 4.60. The highest BCUT2D eigenvalue weighted by molar-refractivity contribution is 6.32. The van der Waals surface area contributed by atoms with Crippen molar-refractivity contribution in [2.45, 2.75) is 26.2 Å². The highest BCUT2D eigenvalue weighted by Gasteiger charge is 2.20. The fourth-order valence-corrected chi connectivity index (χ4v) is 2.96. The SMILES string of the molecule is CCN(C(=O)CCCc1ccccn1)c1cn(-c2cccnc2)nc1Cl. The van der Waals surface area contributed by atoms with E-state index in [2.05, 4.69) is 15.1 Å². The largest absolute Gasteiger partial charge is 0.309 e. The van der Waals surface area contributed by atoms with Crippen molar-refractivity contribution in [2.24, 2.45) is 0 Å². The van der Waals surface area contributed by atoms with Crippen LogP contribution in [0.15, 0.2) is 55.1 Å². The van der Waals surface area contributed by atoms with Gasteiger partial charge in [-0.2, -0.15) is 5.10 Å². The van der Waals surface area contributed by atoms with Gasteiger partial charge in [0, 0.05) is 31.1 Å². The third kappa shape index (κ3) is 4.26. The van der Waals surface area contributed by atoms with Crippen LogP contribution in [0.2, 0.25) is 5.15 Å². The van der Waals surface area contributed by atoms with E-state index in [1.54, 1.807) is 34.4 Å². The van der Waals surface area contributed by atoms with Crippen LogP contribution in [0.4, 0.5) is 5.69 Å². The predicted molar refractivity (Wildman–Crippen MR) is 102 cm³/mol. The third-order valence-electron chi connectivity index (χ3n) is 4.02. The maximum absolute atomic E-state index is 12.7. The molecule has 0 atom stereocenters. The number of aryl methyl sites for hydroxylation is 1. The first-order valence-corrected chi connectivity index (χ1v) is 8.92. The van der Waals surface area contributed by atoms with E-state index in [1.807, 2.05) is 37.3 Å². The van der Waals surface area contributed by atoms with Crippen molar-refractivity contribution < 1.29 is 4.79 Å².